The van der Waals surface area contributed by atoms with Crippen LogP contribution in [0.5, 0.6) is 0 Å². The van der Waals surface area contributed by atoms with Crippen molar-refractivity contribution in [3.8, 4) is 0 Å². The fourth-order valence-corrected chi connectivity index (χ4v) is 1.53. The Kier molecular flexibility index (Phi) is 7.39. The average Bonchev–Trinajstić information content (AvgIpc) is 2.16. The van der Waals surface area contributed by atoms with Gasteiger partial charge in [0.05, 0.1) is 6.04 Å². The first-order valence-electron chi connectivity index (χ1n) is 6.38. The van der Waals surface area contributed by atoms with E-state index in [-0.39, 0.29) is 11.9 Å². The Morgan fingerprint density at radius 1 is 1.00 bits per heavy atom. The highest BCUT2D eigenvalue weighted by Crippen LogP contribution is 2.09. The molecule has 1 atom stereocenters. The molecule has 2 N–H and O–H groups in total. The summed E-state index contributed by atoms with van der Waals surface area (Å²) >= 11 is 0. The molecule has 0 spiro atoms. The lowest BCUT2D eigenvalue weighted by Crippen LogP contribution is -2.44. The molecule has 0 aliphatic rings. The summed E-state index contributed by atoms with van der Waals surface area (Å²) in [4.78, 5) is 13.4. The first kappa shape index (κ1) is 15.4. The maximum absolute atomic E-state index is 11.2. The predicted octanol–water partition coefficient (Wildman–Crippen LogP) is 2.25. The van der Waals surface area contributed by atoms with Crippen LogP contribution in [0.25, 0.3) is 0 Å². The van der Waals surface area contributed by atoms with Crippen molar-refractivity contribution in [2.75, 3.05) is 13.1 Å². The number of primary amides is 1. The SMILES string of the molecule is CC(C)CCN(CCC(C)C)C(C)C(N)=O. The van der Waals surface area contributed by atoms with Crippen LogP contribution < -0.4 is 5.73 Å². The van der Waals surface area contributed by atoms with Gasteiger partial charge in [-0.15, -0.1) is 0 Å². The molecule has 0 heterocycles. The molecular weight excluding hydrogens is 200 g/mol. The van der Waals surface area contributed by atoms with E-state index in [4.69, 9.17) is 5.73 Å². The van der Waals surface area contributed by atoms with Crippen molar-refractivity contribution in [3.63, 3.8) is 0 Å². The summed E-state index contributed by atoms with van der Waals surface area (Å²) < 4.78 is 0. The van der Waals surface area contributed by atoms with E-state index in [0.717, 1.165) is 25.9 Å². The van der Waals surface area contributed by atoms with Gasteiger partial charge in [-0.3, -0.25) is 9.69 Å². The highest BCUT2D eigenvalue weighted by molar-refractivity contribution is 5.79. The maximum atomic E-state index is 11.2. The molecule has 0 rings (SSSR count). The molecule has 0 radical (unpaired) electrons. The highest BCUT2D eigenvalue weighted by atomic mass is 16.1. The van der Waals surface area contributed by atoms with Gasteiger partial charge in [-0.2, -0.15) is 0 Å². The quantitative estimate of drug-likeness (QED) is 0.692. The molecule has 0 aromatic carbocycles. The van der Waals surface area contributed by atoms with Crippen molar-refractivity contribution in [2.45, 2.75) is 53.5 Å². The van der Waals surface area contributed by atoms with Crippen LogP contribution in [0.1, 0.15) is 47.5 Å². The molecule has 0 aromatic rings. The smallest absolute Gasteiger partial charge is 0.234 e. The standard InChI is InChI=1S/C13H28N2O/c1-10(2)6-8-15(9-7-11(3)4)12(5)13(14)16/h10-12H,6-9H2,1-5H3,(H2,14,16). The summed E-state index contributed by atoms with van der Waals surface area (Å²) in [5.41, 5.74) is 5.37. The van der Waals surface area contributed by atoms with Gasteiger partial charge in [-0.05, 0) is 44.7 Å². The van der Waals surface area contributed by atoms with Gasteiger partial charge in [0.1, 0.15) is 0 Å². The van der Waals surface area contributed by atoms with Crippen LogP contribution in [0, 0.1) is 11.8 Å². The lowest BCUT2D eigenvalue weighted by Gasteiger charge is -2.28. The van der Waals surface area contributed by atoms with Crippen molar-refractivity contribution < 1.29 is 4.79 Å². The topological polar surface area (TPSA) is 46.3 Å². The number of rotatable bonds is 8. The number of carbonyl (C=O) groups is 1. The van der Waals surface area contributed by atoms with E-state index in [1.54, 1.807) is 0 Å². The van der Waals surface area contributed by atoms with E-state index < -0.39 is 0 Å². The number of nitrogens with two attached hydrogens (primary N) is 1. The molecule has 3 nitrogen and oxygen atoms in total. The van der Waals surface area contributed by atoms with Gasteiger partial charge in [0.2, 0.25) is 5.91 Å². The van der Waals surface area contributed by atoms with E-state index in [0.29, 0.717) is 11.8 Å². The Hall–Kier alpha value is -0.570. The van der Waals surface area contributed by atoms with E-state index in [1.165, 1.54) is 0 Å². The van der Waals surface area contributed by atoms with Gasteiger partial charge < -0.3 is 5.73 Å². The minimum absolute atomic E-state index is 0.141. The van der Waals surface area contributed by atoms with Gasteiger partial charge in [-0.1, -0.05) is 27.7 Å². The zero-order chi connectivity index (χ0) is 12.7. The van der Waals surface area contributed by atoms with Crippen LogP contribution in [-0.4, -0.2) is 29.9 Å². The first-order chi connectivity index (χ1) is 7.34. The van der Waals surface area contributed by atoms with Crippen LogP contribution in [0.3, 0.4) is 0 Å². The monoisotopic (exact) mass is 228 g/mol. The Bertz CT molecular complexity index is 190. The van der Waals surface area contributed by atoms with E-state index in [2.05, 4.69) is 32.6 Å². The Labute approximate surface area is 100 Å². The summed E-state index contributed by atoms with van der Waals surface area (Å²) in [6.07, 6.45) is 2.24. The van der Waals surface area contributed by atoms with Gasteiger partial charge >= 0.3 is 0 Å². The molecule has 0 saturated carbocycles. The highest BCUT2D eigenvalue weighted by Gasteiger charge is 2.18. The number of carbonyl (C=O) groups excluding carboxylic acids is 1. The normalized spacial score (nSPS) is 13.8. The summed E-state index contributed by atoms with van der Waals surface area (Å²) in [6.45, 7) is 12.7. The minimum Gasteiger partial charge on any atom is -0.368 e. The summed E-state index contributed by atoms with van der Waals surface area (Å²) in [5, 5.41) is 0. The van der Waals surface area contributed by atoms with Crippen LogP contribution in [0.2, 0.25) is 0 Å². The molecule has 0 aliphatic heterocycles. The van der Waals surface area contributed by atoms with Gasteiger partial charge in [0.25, 0.3) is 0 Å². The molecule has 0 aromatic heterocycles. The zero-order valence-electron chi connectivity index (χ0n) is 11.5. The molecule has 1 unspecified atom stereocenters. The Morgan fingerprint density at radius 2 is 1.38 bits per heavy atom. The van der Waals surface area contributed by atoms with Gasteiger partial charge in [0.15, 0.2) is 0 Å². The summed E-state index contributed by atoms with van der Waals surface area (Å²) in [5.74, 6) is 1.12. The lowest BCUT2D eigenvalue weighted by molar-refractivity contribution is -0.122. The van der Waals surface area contributed by atoms with Crippen molar-refractivity contribution in [3.05, 3.63) is 0 Å². The zero-order valence-corrected chi connectivity index (χ0v) is 11.5. The minimum atomic E-state index is -0.215. The van der Waals surface area contributed by atoms with E-state index >= 15 is 0 Å². The number of amides is 1. The second kappa shape index (κ2) is 7.66. The maximum Gasteiger partial charge on any atom is 0.234 e. The number of hydrogen-bond donors (Lipinski definition) is 1. The fourth-order valence-electron chi connectivity index (χ4n) is 1.53. The average molecular weight is 228 g/mol. The summed E-state index contributed by atoms with van der Waals surface area (Å²) in [7, 11) is 0. The number of hydrogen-bond acceptors (Lipinski definition) is 2. The van der Waals surface area contributed by atoms with Crippen molar-refractivity contribution in [2.24, 2.45) is 17.6 Å². The fraction of sp³-hybridized carbons (Fsp3) is 0.923. The molecule has 3 heteroatoms. The molecule has 16 heavy (non-hydrogen) atoms. The van der Waals surface area contributed by atoms with Crippen LogP contribution in [-0.2, 0) is 4.79 Å². The third-order valence-corrected chi connectivity index (χ3v) is 2.95. The molecule has 96 valence electrons. The van der Waals surface area contributed by atoms with Crippen molar-refractivity contribution in [1.82, 2.24) is 4.90 Å². The molecule has 0 aliphatic carbocycles. The Balaban J connectivity index is 4.20. The third-order valence-electron chi connectivity index (χ3n) is 2.95. The summed E-state index contributed by atoms with van der Waals surface area (Å²) in [6, 6.07) is -0.141. The van der Waals surface area contributed by atoms with Crippen LogP contribution >= 0.6 is 0 Å². The van der Waals surface area contributed by atoms with E-state index in [9.17, 15) is 4.79 Å². The Morgan fingerprint density at radius 3 is 1.62 bits per heavy atom. The number of nitrogens with zero attached hydrogens (tertiary/aromatic N) is 1. The molecule has 0 bridgehead atoms. The molecule has 1 amide bonds. The van der Waals surface area contributed by atoms with Gasteiger partial charge in [-0.25, -0.2) is 0 Å². The first-order valence-corrected chi connectivity index (χ1v) is 6.38. The molecular formula is C13H28N2O. The predicted molar refractivity (Wildman–Crippen MR) is 69.1 cm³/mol. The van der Waals surface area contributed by atoms with Gasteiger partial charge in [0, 0.05) is 0 Å². The van der Waals surface area contributed by atoms with E-state index in [1.807, 2.05) is 6.92 Å². The largest absolute Gasteiger partial charge is 0.368 e. The second-order valence-corrected chi connectivity index (χ2v) is 5.48. The van der Waals surface area contributed by atoms with Crippen LogP contribution in [0.15, 0.2) is 0 Å². The van der Waals surface area contributed by atoms with Crippen molar-refractivity contribution in [1.29, 1.82) is 0 Å². The molecule has 0 fully saturated rings. The molecule has 0 saturated heterocycles. The van der Waals surface area contributed by atoms with Crippen LogP contribution in [0.4, 0.5) is 0 Å². The third kappa shape index (κ3) is 6.83. The second-order valence-electron chi connectivity index (χ2n) is 5.48. The lowest BCUT2D eigenvalue weighted by atomic mass is 10.1. The van der Waals surface area contributed by atoms with Crippen molar-refractivity contribution >= 4 is 5.91 Å².